The summed E-state index contributed by atoms with van der Waals surface area (Å²) in [4.78, 5) is 11.6. The quantitative estimate of drug-likeness (QED) is 0.810. The Kier molecular flexibility index (Phi) is 5.89. The lowest BCUT2D eigenvalue weighted by Crippen LogP contribution is -2.24. The minimum atomic E-state index is -1.41. The van der Waals surface area contributed by atoms with Gasteiger partial charge in [0, 0.05) is 5.56 Å². The third-order valence-corrected chi connectivity index (χ3v) is 3.05. The molecule has 0 aliphatic rings. The van der Waals surface area contributed by atoms with Crippen molar-refractivity contribution in [2.75, 3.05) is 7.11 Å². The molecule has 3 nitrogen and oxygen atoms in total. The highest BCUT2D eigenvalue weighted by molar-refractivity contribution is 5.73. The van der Waals surface area contributed by atoms with Crippen LogP contribution in [-0.4, -0.2) is 18.2 Å². The highest BCUT2D eigenvalue weighted by Crippen LogP contribution is 2.29. The number of hydrogen-bond donors (Lipinski definition) is 1. The van der Waals surface area contributed by atoms with E-state index in [-0.39, 0.29) is 5.56 Å². The van der Waals surface area contributed by atoms with E-state index in [4.69, 9.17) is 0 Å². The minimum Gasteiger partial charge on any atom is -0.469 e. The molecule has 0 radical (unpaired) electrons. The van der Waals surface area contributed by atoms with Gasteiger partial charge in [-0.2, -0.15) is 0 Å². The topological polar surface area (TPSA) is 46.5 Å². The monoisotopic (exact) mass is 272 g/mol. The van der Waals surface area contributed by atoms with Gasteiger partial charge in [-0.3, -0.25) is 4.79 Å². The maximum Gasteiger partial charge on any atom is 0.311 e. The number of aliphatic hydroxyl groups excluding tert-OH is 1. The van der Waals surface area contributed by atoms with Gasteiger partial charge in [0.15, 0.2) is 11.6 Å². The van der Waals surface area contributed by atoms with Crippen LogP contribution in [-0.2, 0) is 9.53 Å². The maximum absolute atomic E-state index is 13.6. The third kappa shape index (κ3) is 3.73. The zero-order valence-electron chi connectivity index (χ0n) is 11.0. The number of unbranched alkanes of at least 4 members (excludes halogenated alkanes) is 1. The predicted octanol–water partition coefficient (Wildman–Crippen LogP) is 2.98. The van der Waals surface area contributed by atoms with Crippen molar-refractivity contribution in [3.8, 4) is 0 Å². The zero-order chi connectivity index (χ0) is 14.4. The van der Waals surface area contributed by atoms with Crippen molar-refractivity contribution in [3.05, 3.63) is 35.4 Å². The van der Waals surface area contributed by atoms with Crippen molar-refractivity contribution in [3.63, 3.8) is 0 Å². The highest BCUT2D eigenvalue weighted by Gasteiger charge is 2.30. The Labute approximate surface area is 111 Å². The normalized spacial score (nSPS) is 13.9. The summed E-state index contributed by atoms with van der Waals surface area (Å²) in [6.07, 6.45) is 0.467. The van der Waals surface area contributed by atoms with Crippen LogP contribution in [0.1, 0.15) is 37.9 Å². The van der Waals surface area contributed by atoms with Crippen LogP contribution in [0.5, 0.6) is 0 Å². The molecule has 2 unspecified atom stereocenters. The van der Waals surface area contributed by atoms with E-state index < -0.39 is 29.6 Å². The van der Waals surface area contributed by atoms with Gasteiger partial charge in [0.1, 0.15) is 0 Å². The largest absolute Gasteiger partial charge is 0.469 e. The SMILES string of the molecule is CCCCC(C(=O)OC)C(O)c1cccc(F)c1F. The first-order valence-corrected chi connectivity index (χ1v) is 6.22. The Morgan fingerprint density at radius 3 is 2.68 bits per heavy atom. The first-order chi connectivity index (χ1) is 9.02. The Morgan fingerprint density at radius 2 is 2.11 bits per heavy atom. The van der Waals surface area contributed by atoms with Gasteiger partial charge >= 0.3 is 5.97 Å². The number of methoxy groups -OCH3 is 1. The lowest BCUT2D eigenvalue weighted by Gasteiger charge is -2.21. The van der Waals surface area contributed by atoms with Gasteiger partial charge in [-0.15, -0.1) is 0 Å². The van der Waals surface area contributed by atoms with Gasteiger partial charge in [0.25, 0.3) is 0 Å². The molecule has 106 valence electrons. The number of carbonyl (C=O) groups excluding carboxylic acids is 1. The molecule has 0 aliphatic heterocycles. The van der Waals surface area contributed by atoms with Crippen LogP contribution in [0, 0.1) is 17.6 Å². The number of carbonyl (C=O) groups is 1. The molecule has 0 saturated heterocycles. The van der Waals surface area contributed by atoms with Crippen molar-refractivity contribution in [1.29, 1.82) is 0 Å². The highest BCUT2D eigenvalue weighted by atomic mass is 19.2. The Morgan fingerprint density at radius 1 is 1.42 bits per heavy atom. The van der Waals surface area contributed by atoms with E-state index in [1.54, 1.807) is 0 Å². The summed E-state index contributed by atoms with van der Waals surface area (Å²) in [7, 11) is 1.20. The predicted molar refractivity (Wildman–Crippen MR) is 66.3 cm³/mol. The first kappa shape index (κ1) is 15.6. The molecule has 1 N–H and O–H groups in total. The van der Waals surface area contributed by atoms with Crippen LogP contribution in [0.2, 0.25) is 0 Å². The fourth-order valence-electron chi connectivity index (χ4n) is 1.95. The standard InChI is InChI=1S/C14H18F2O3/c1-3-4-6-10(14(18)19-2)13(17)9-7-5-8-11(15)12(9)16/h5,7-8,10,13,17H,3-4,6H2,1-2H3. The van der Waals surface area contributed by atoms with Crippen LogP contribution in [0.25, 0.3) is 0 Å². The molecule has 1 aromatic carbocycles. The second-order valence-corrected chi connectivity index (χ2v) is 4.36. The van der Waals surface area contributed by atoms with Crippen molar-refractivity contribution >= 4 is 5.97 Å². The number of esters is 1. The summed E-state index contributed by atoms with van der Waals surface area (Å²) in [6.45, 7) is 1.93. The Balaban J connectivity index is 3.01. The van der Waals surface area contributed by atoms with E-state index in [9.17, 15) is 18.7 Å². The molecule has 0 bridgehead atoms. The summed E-state index contributed by atoms with van der Waals surface area (Å²) < 4.78 is 31.4. The molecular formula is C14H18F2O3. The third-order valence-electron chi connectivity index (χ3n) is 3.05. The fourth-order valence-corrected chi connectivity index (χ4v) is 1.95. The molecule has 0 aliphatic carbocycles. The summed E-state index contributed by atoms with van der Waals surface area (Å²) in [6, 6.07) is 3.53. The molecule has 0 heterocycles. The number of rotatable bonds is 6. The Bertz CT molecular complexity index is 435. The second kappa shape index (κ2) is 7.19. The molecule has 2 atom stereocenters. The summed E-state index contributed by atoms with van der Waals surface area (Å²) in [5, 5.41) is 10.1. The smallest absolute Gasteiger partial charge is 0.311 e. The molecule has 5 heteroatoms. The van der Waals surface area contributed by atoms with E-state index in [2.05, 4.69) is 4.74 Å². The van der Waals surface area contributed by atoms with E-state index >= 15 is 0 Å². The van der Waals surface area contributed by atoms with Gasteiger partial charge in [-0.1, -0.05) is 31.9 Å². The van der Waals surface area contributed by atoms with Crippen molar-refractivity contribution in [2.24, 2.45) is 5.92 Å². The second-order valence-electron chi connectivity index (χ2n) is 4.36. The van der Waals surface area contributed by atoms with Gasteiger partial charge in [0.05, 0.1) is 19.1 Å². The number of aliphatic hydroxyl groups is 1. The fraction of sp³-hybridized carbons (Fsp3) is 0.500. The van der Waals surface area contributed by atoms with E-state index in [0.717, 1.165) is 12.5 Å². The summed E-state index contributed by atoms with van der Waals surface area (Å²) >= 11 is 0. The Hall–Kier alpha value is -1.49. The van der Waals surface area contributed by atoms with E-state index in [1.807, 2.05) is 6.92 Å². The van der Waals surface area contributed by atoms with Gasteiger partial charge in [-0.05, 0) is 12.5 Å². The van der Waals surface area contributed by atoms with Crippen LogP contribution in [0.3, 0.4) is 0 Å². The van der Waals surface area contributed by atoms with E-state index in [1.165, 1.54) is 19.2 Å². The van der Waals surface area contributed by atoms with Crippen LogP contribution in [0.15, 0.2) is 18.2 Å². The van der Waals surface area contributed by atoms with Gasteiger partial charge in [-0.25, -0.2) is 8.78 Å². The van der Waals surface area contributed by atoms with Crippen LogP contribution in [0.4, 0.5) is 8.78 Å². The van der Waals surface area contributed by atoms with Crippen molar-refractivity contribution in [1.82, 2.24) is 0 Å². The van der Waals surface area contributed by atoms with E-state index in [0.29, 0.717) is 12.8 Å². The molecule has 0 saturated carbocycles. The molecule has 0 amide bonds. The molecule has 0 spiro atoms. The summed E-state index contributed by atoms with van der Waals surface area (Å²) in [5.41, 5.74) is -0.216. The van der Waals surface area contributed by atoms with Gasteiger partial charge in [0.2, 0.25) is 0 Å². The molecule has 0 aromatic heterocycles. The number of benzene rings is 1. The summed E-state index contributed by atoms with van der Waals surface area (Å²) in [5.74, 6) is -3.68. The van der Waals surface area contributed by atoms with Crippen LogP contribution < -0.4 is 0 Å². The minimum absolute atomic E-state index is 0.216. The van der Waals surface area contributed by atoms with Crippen LogP contribution >= 0.6 is 0 Å². The lowest BCUT2D eigenvalue weighted by atomic mass is 9.91. The number of hydrogen-bond acceptors (Lipinski definition) is 3. The number of ether oxygens (including phenoxy) is 1. The average Bonchev–Trinajstić information content (AvgIpc) is 2.41. The lowest BCUT2D eigenvalue weighted by molar-refractivity contribution is -0.150. The molecule has 0 fully saturated rings. The maximum atomic E-state index is 13.6. The molecular weight excluding hydrogens is 254 g/mol. The van der Waals surface area contributed by atoms with Crippen molar-refractivity contribution < 1.29 is 23.4 Å². The molecule has 1 rings (SSSR count). The first-order valence-electron chi connectivity index (χ1n) is 6.22. The molecule has 1 aromatic rings. The number of halogens is 2. The molecule has 19 heavy (non-hydrogen) atoms. The average molecular weight is 272 g/mol. The van der Waals surface area contributed by atoms with Gasteiger partial charge < -0.3 is 9.84 Å². The van der Waals surface area contributed by atoms with Crippen molar-refractivity contribution in [2.45, 2.75) is 32.3 Å². The zero-order valence-corrected chi connectivity index (χ0v) is 11.0.